The Balaban J connectivity index is 1.43. The fourth-order valence-corrected chi connectivity index (χ4v) is 5.01. The lowest BCUT2D eigenvalue weighted by Gasteiger charge is -2.18. The monoisotopic (exact) mass is 432 g/mol. The number of fused-ring (bicyclic) bond motifs is 2. The molecule has 0 aliphatic carbocycles. The van der Waals surface area contributed by atoms with Gasteiger partial charge in [0.2, 0.25) is 0 Å². The first-order valence-corrected chi connectivity index (χ1v) is 11.1. The maximum atomic E-state index is 12.3. The summed E-state index contributed by atoms with van der Waals surface area (Å²) in [5.41, 5.74) is 1.01. The molecule has 2 heterocycles. The molecule has 1 fully saturated rings. The number of ether oxygens (including phenoxy) is 1. The van der Waals surface area contributed by atoms with Gasteiger partial charge < -0.3 is 4.74 Å². The van der Waals surface area contributed by atoms with Crippen LogP contribution in [-0.2, 0) is 11.2 Å². The summed E-state index contributed by atoms with van der Waals surface area (Å²) in [5, 5.41) is 5.02. The van der Waals surface area contributed by atoms with Crippen LogP contribution in [0.4, 0.5) is 0 Å². The van der Waals surface area contributed by atoms with Gasteiger partial charge in [-0.15, -0.1) is 0 Å². The van der Waals surface area contributed by atoms with Crippen LogP contribution in [-0.4, -0.2) is 20.9 Å². The van der Waals surface area contributed by atoms with E-state index < -0.39 is 11.9 Å². The molecule has 0 amide bonds. The lowest BCUT2D eigenvalue weighted by Crippen LogP contribution is -2.33. The van der Waals surface area contributed by atoms with E-state index in [4.69, 9.17) is 17.4 Å². The van der Waals surface area contributed by atoms with Crippen LogP contribution in [0.3, 0.4) is 0 Å². The van der Waals surface area contributed by atoms with Crippen LogP contribution in [0.1, 0.15) is 30.2 Å². The van der Waals surface area contributed by atoms with Crippen molar-refractivity contribution in [1.82, 2.24) is 9.55 Å². The van der Waals surface area contributed by atoms with Crippen LogP contribution in [0.2, 0.25) is 0 Å². The van der Waals surface area contributed by atoms with Gasteiger partial charge in [0.25, 0.3) is 5.56 Å². The number of benzene rings is 3. The predicted molar refractivity (Wildman–Crippen MR) is 127 cm³/mol. The van der Waals surface area contributed by atoms with Crippen LogP contribution < -0.4 is 11.2 Å². The number of thiol groups is 1. The van der Waals surface area contributed by atoms with E-state index in [2.05, 4.69) is 59.6 Å². The second-order valence-corrected chi connectivity index (χ2v) is 8.91. The van der Waals surface area contributed by atoms with Crippen molar-refractivity contribution in [2.45, 2.75) is 43.8 Å². The summed E-state index contributed by atoms with van der Waals surface area (Å²) >= 11 is 4.76. The van der Waals surface area contributed by atoms with Crippen molar-refractivity contribution in [1.29, 1.82) is 0 Å². The minimum absolute atomic E-state index is 0.0189. The lowest BCUT2D eigenvalue weighted by molar-refractivity contribution is -0.00321. The fraction of sp³-hybridized carbons (Fsp3) is 0.280. The standard InChI is InChI=1S/C25H24N2O3S/c1-15-14-27(25(29)26-24(15)28)23-13-22(31)21(30-23)11-10-20-18-8-4-2-6-16(18)12-17-7-3-5-9-19(17)20/h2-9,12,14,21-23,31H,10-11,13H2,1H3,(H,26,28,29)/t21-,22+,23-/m1/s1. The van der Waals surface area contributed by atoms with Crippen molar-refractivity contribution in [2.75, 3.05) is 0 Å². The Morgan fingerprint density at radius 3 is 2.39 bits per heavy atom. The highest BCUT2D eigenvalue weighted by atomic mass is 32.1. The Hall–Kier alpha value is -2.83. The molecule has 1 aliphatic rings. The average molecular weight is 433 g/mol. The highest BCUT2D eigenvalue weighted by molar-refractivity contribution is 7.81. The molecular weight excluding hydrogens is 408 g/mol. The van der Waals surface area contributed by atoms with E-state index in [-0.39, 0.29) is 16.9 Å². The molecule has 0 bridgehead atoms. The van der Waals surface area contributed by atoms with E-state index in [9.17, 15) is 9.59 Å². The van der Waals surface area contributed by atoms with Crippen molar-refractivity contribution < 1.29 is 4.74 Å². The normalized spacial score (nSPS) is 21.2. The predicted octanol–water partition coefficient (Wildman–Crippen LogP) is 4.37. The number of aromatic amines is 1. The van der Waals surface area contributed by atoms with E-state index in [1.165, 1.54) is 31.7 Å². The minimum Gasteiger partial charge on any atom is -0.353 e. The highest BCUT2D eigenvalue weighted by Crippen LogP contribution is 2.35. The number of nitrogens with zero attached hydrogens (tertiary/aromatic N) is 1. The summed E-state index contributed by atoms with van der Waals surface area (Å²) in [6.07, 6.45) is 3.36. The van der Waals surface area contributed by atoms with Gasteiger partial charge >= 0.3 is 5.69 Å². The molecule has 0 spiro atoms. The minimum atomic E-state index is -0.443. The first-order valence-electron chi connectivity index (χ1n) is 10.6. The number of H-pyrrole nitrogens is 1. The maximum absolute atomic E-state index is 12.3. The Morgan fingerprint density at radius 2 is 1.71 bits per heavy atom. The smallest absolute Gasteiger partial charge is 0.330 e. The Bertz CT molecular complexity index is 1340. The van der Waals surface area contributed by atoms with Crippen LogP contribution >= 0.6 is 12.6 Å². The van der Waals surface area contributed by atoms with Gasteiger partial charge in [0.1, 0.15) is 6.23 Å². The second-order valence-electron chi connectivity index (χ2n) is 8.25. The average Bonchev–Trinajstić information content (AvgIpc) is 3.14. The molecular formula is C25H24N2O3S. The van der Waals surface area contributed by atoms with E-state index in [0.29, 0.717) is 12.0 Å². The summed E-state index contributed by atoms with van der Waals surface area (Å²) in [5.74, 6) is 0. The molecule has 1 saturated heterocycles. The van der Waals surface area contributed by atoms with Gasteiger partial charge in [0.15, 0.2) is 0 Å². The van der Waals surface area contributed by atoms with E-state index in [1.54, 1.807) is 13.1 Å². The molecule has 0 unspecified atom stereocenters. The molecule has 1 N–H and O–H groups in total. The zero-order valence-corrected chi connectivity index (χ0v) is 18.1. The molecule has 3 atom stereocenters. The molecule has 1 aromatic heterocycles. The van der Waals surface area contributed by atoms with Crippen LogP contribution in [0.15, 0.2) is 70.4 Å². The van der Waals surface area contributed by atoms with Gasteiger partial charge in [0, 0.05) is 23.4 Å². The molecule has 5 nitrogen and oxygen atoms in total. The van der Waals surface area contributed by atoms with Gasteiger partial charge in [-0.05, 0) is 52.9 Å². The van der Waals surface area contributed by atoms with E-state index >= 15 is 0 Å². The zero-order valence-electron chi connectivity index (χ0n) is 17.2. The van der Waals surface area contributed by atoms with Crippen molar-refractivity contribution in [3.05, 3.63) is 92.8 Å². The maximum Gasteiger partial charge on any atom is 0.330 e. The van der Waals surface area contributed by atoms with Crippen LogP contribution in [0, 0.1) is 6.92 Å². The third-order valence-electron chi connectivity index (χ3n) is 6.22. The number of rotatable bonds is 4. The van der Waals surface area contributed by atoms with Gasteiger partial charge in [-0.1, -0.05) is 48.5 Å². The molecule has 31 heavy (non-hydrogen) atoms. The molecule has 3 aromatic carbocycles. The Labute approximate surface area is 185 Å². The Morgan fingerprint density at radius 1 is 1.06 bits per heavy atom. The van der Waals surface area contributed by atoms with Gasteiger partial charge in [-0.2, -0.15) is 12.6 Å². The third kappa shape index (κ3) is 3.70. The SMILES string of the molecule is Cc1cn([C@H]2C[C@H](S)[C@@H](CCc3c4ccccc4cc4ccccc34)O2)c(=O)[nH]c1=O. The van der Waals surface area contributed by atoms with E-state index in [1.807, 2.05) is 0 Å². The lowest BCUT2D eigenvalue weighted by atomic mass is 9.93. The van der Waals surface area contributed by atoms with Gasteiger partial charge in [0.05, 0.1) is 6.10 Å². The van der Waals surface area contributed by atoms with Crippen molar-refractivity contribution in [2.24, 2.45) is 0 Å². The molecule has 158 valence electrons. The van der Waals surface area contributed by atoms with Gasteiger partial charge in [-0.25, -0.2) is 4.79 Å². The summed E-state index contributed by atoms with van der Waals surface area (Å²) in [6, 6.07) is 19.2. The zero-order chi connectivity index (χ0) is 21.5. The summed E-state index contributed by atoms with van der Waals surface area (Å²) in [4.78, 5) is 26.3. The summed E-state index contributed by atoms with van der Waals surface area (Å²) < 4.78 is 7.73. The summed E-state index contributed by atoms with van der Waals surface area (Å²) in [7, 11) is 0. The number of aromatic nitrogens is 2. The Kier molecular flexibility index (Phi) is 5.20. The largest absolute Gasteiger partial charge is 0.353 e. The van der Waals surface area contributed by atoms with Crippen LogP contribution in [0.25, 0.3) is 21.5 Å². The number of hydrogen-bond acceptors (Lipinski definition) is 4. The molecule has 0 saturated carbocycles. The quantitative estimate of drug-likeness (QED) is 0.372. The van der Waals surface area contributed by atoms with Crippen LogP contribution in [0.5, 0.6) is 0 Å². The third-order valence-corrected chi connectivity index (χ3v) is 6.77. The van der Waals surface area contributed by atoms with Gasteiger partial charge in [-0.3, -0.25) is 14.3 Å². The molecule has 5 rings (SSSR count). The number of aryl methyl sites for hydroxylation is 2. The van der Waals surface area contributed by atoms with Crippen molar-refractivity contribution in [3.63, 3.8) is 0 Å². The van der Waals surface area contributed by atoms with Crippen molar-refractivity contribution >= 4 is 34.2 Å². The number of nitrogens with one attached hydrogen (secondary N) is 1. The number of hydrogen-bond donors (Lipinski definition) is 2. The molecule has 4 aromatic rings. The fourth-order valence-electron chi connectivity index (χ4n) is 4.61. The topological polar surface area (TPSA) is 64.1 Å². The highest BCUT2D eigenvalue weighted by Gasteiger charge is 2.34. The summed E-state index contributed by atoms with van der Waals surface area (Å²) in [6.45, 7) is 1.69. The molecule has 0 radical (unpaired) electrons. The first-order chi connectivity index (χ1) is 15.0. The second kappa shape index (κ2) is 8.02. The van der Waals surface area contributed by atoms with Crippen molar-refractivity contribution in [3.8, 4) is 0 Å². The van der Waals surface area contributed by atoms with E-state index in [0.717, 1.165) is 12.8 Å². The molecule has 6 heteroatoms. The first kappa shape index (κ1) is 20.1. The molecule has 1 aliphatic heterocycles.